The van der Waals surface area contributed by atoms with Crippen LogP contribution < -0.4 is 10.2 Å². The molecule has 0 saturated carbocycles. The smallest absolute Gasteiger partial charge is 0.158 e. The highest BCUT2D eigenvalue weighted by Crippen LogP contribution is 2.18. The highest BCUT2D eigenvalue weighted by molar-refractivity contribution is 5.48. The van der Waals surface area contributed by atoms with Gasteiger partial charge in [0, 0.05) is 26.8 Å². The molecule has 0 spiro atoms. The van der Waals surface area contributed by atoms with E-state index in [-0.39, 0.29) is 0 Å². The van der Waals surface area contributed by atoms with Crippen molar-refractivity contribution in [3.05, 3.63) is 35.5 Å². The van der Waals surface area contributed by atoms with Crippen molar-refractivity contribution in [2.24, 2.45) is 0 Å². The monoisotopic (exact) mass is 290 g/mol. The van der Waals surface area contributed by atoms with Crippen LogP contribution in [0.1, 0.15) is 24.3 Å². The van der Waals surface area contributed by atoms with Gasteiger partial charge in [0.15, 0.2) is 5.82 Å². The third kappa shape index (κ3) is 4.19. The molecular formula is C15H22N4O2. The van der Waals surface area contributed by atoms with Crippen molar-refractivity contribution >= 4 is 11.6 Å². The first-order valence-electron chi connectivity index (χ1n) is 7.02. The van der Waals surface area contributed by atoms with Gasteiger partial charge in [0.05, 0.1) is 6.54 Å². The number of anilines is 2. The Kier molecular flexibility index (Phi) is 5.16. The van der Waals surface area contributed by atoms with Gasteiger partial charge in [-0.3, -0.25) is 0 Å². The van der Waals surface area contributed by atoms with Crippen molar-refractivity contribution < 1.29 is 9.15 Å². The van der Waals surface area contributed by atoms with Crippen LogP contribution in [-0.2, 0) is 17.9 Å². The lowest BCUT2D eigenvalue weighted by Gasteiger charge is -2.18. The first-order valence-corrected chi connectivity index (χ1v) is 7.02. The zero-order valence-corrected chi connectivity index (χ0v) is 13.0. The molecule has 2 rings (SSSR count). The van der Waals surface area contributed by atoms with Crippen LogP contribution in [0.5, 0.6) is 0 Å². The minimum Gasteiger partial charge on any atom is -0.464 e. The van der Waals surface area contributed by atoms with Gasteiger partial charge in [0.25, 0.3) is 0 Å². The molecule has 0 aliphatic rings. The summed E-state index contributed by atoms with van der Waals surface area (Å²) in [6.45, 7) is 5.60. The summed E-state index contributed by atoms with van der Waals surface area (Å²) in [4.78, 5) is 10.9. The zero-order chi connectivity index (χ0) is 15.2. The van der Waals surface area contributed by atoms with Crippen molar-refractivity contribution in [3.8, 4) is 0 Å². The molecule has 0 fully saturated rings. The number of rotatable bonds is 7. The molecule has 1 N–H and O–H groups in total. The lowest BCUT2D eigenvalue weighted by Crippen LogP contribution is -2.19. The maximum atomic E-state index is 5.60. The number of nitrogens with one attached hydrogen (secondary N) is 1. The summed E-state index contributed by atoms with van der Waals surface area (Å²) in [5.41, 5.74) is 0. The first-order chi connectivity index (χ1) is 10.1. The summed E-state index contributed by atoms with van der Waals surface area (Å²) in [7, 11) is 3.82. The van der Waals surface area contributed by atoms with Gasteiger partial charge in [-0.2, -0.15) is 0 Å². The summed E-state index contributed by atoms with van der Waals surface area (Å²) in [6, 6.07) is 5.85. The number of aryl methyl sites for hydroxylation is 1. The van der Waals surface area contributed by atoms with Crippen molar-refractivity contribution in [2.45, 2.75) is 27.0 Å². The van der Waals surface area contributed by atoms with Crippen LogP contribution in [-0.4, -0.2) is 30.7 Å². The SMILES string of the molecule is CCOCc1nc(NC)cc(N(C)Cc2ccc(C)o2)n1. The van der Waals surface area contributed by atoms with Gasteiger partial charge in [-0.1, -0.05) is 0 Å². The maximum Gasteiger partial charge on any atom is 0.158 e. The van der Waals surface area contributed by atoms with E-state index < -0.39 is 0 Å². The maximum absolute atomic E-state index is 5.60. The van der Waals surface area contributed by atoms with Crippen LogP contribution in [0.3, 0.4) is 0 Å². The first kappa shape index (κ1) is 15.3. The average Bonchev–Trinajstić information content (AvgIpc) is 2.89. The van der Waals surface area contributed by atoms with Crippen molar-refractivity contribution in [2.75, 3.05) is 30.9 Å². The molecule has 0 saturated heterocycles. The second-order valence-electron chi connectivity index (χ2n) is 4.78. The van der Waals surface area contributed by atoms with E-state index >= 15 is 0 Å². The third-order valence-electron chi connectivity index (χ3n) is 3.03. The van der Waals surface area contributed by atoms with Gasteiger partial charge >= 0.3 is 0 Å². The number of hydrogen-bond donors (Lipinski definition) is 1. The van der Waals surface area contributed by atoms with Crippen molar-refractivity contribution in [1.29, 1.82) is 0 Å². The van der Waals surface area contributed by atoms with E-state index in [1.165, 1.54) is 0 Å². The molecule has 0 aliphatic heterocycles. The predicted octanol–water partition coefficient (Wildman–Crippen LogP) is 2.59. The van der Waals surface area contributed by atoms with Crippen molar-refractivity contribution in [3.63, 3.8) is 0 Å². The van der Waals surface area contributed by atoms with Crippen LogP contribution >= 0.6 is 0 Å². The van der Waals surface area contributed by atoms with Crippen LogP contribution in [0.25, 0.3) is 0 Å². The van der Waals surface area contributed by atoms with E-state index in [9.17, 15) is 0 Å². The molecule has 6 nitrogen and oxygen atoms in total. The number of ether oxygens (including phenoxy) is 1. The molecule has 21 heavy (non-hydrogen) atoms. The molecule has 0 amide bonds. The van der Waals surface area contributed by atoms with Gasteiger partial charge in [0.1, 0.15) is 29.8 Å². The highest BCUT2D eigenvalue weighted by atomic mass is 16.5. The Balaban J connectivity index is 2.16. The van der Waals surface area contributed by atoms with E-state index in [4.69, 9.17) is 9.15 Å². The van der Waals surface area contributed by atoms with Gasteiger partial charge in [-0.15, -0.1) is 0 Å². The Morgan fingerprint density at radius 2 is 2.14 bits per heavy atom. The van der Waals surface area contributed by atoms with Crippen LogP contribution in [0.2, 0.25) is 0 Å². The van der Waals surface area contributed by atoms with Crippen molar-refractivity contribution in [1.82, 2.24) is 9.97 Å². The normalized spacial score (nSPS) is 10.7. The highest BCUT2D eigenvalue weighted by Gasteiger charge is 2.10. The molecular weight excluding hydrogens is 268 g/mol. The zero-order valence-electron chi connectivity index (χ0n) is 13.0. The molecule has 2 aromatic rings. The molecule has 2 heterocycles. The van der Waals surface area contributed by atoms with Crippen LogP contribution in [0, 0.1) is 6.92 Å². The minimum absolute atomic E-state index is 0.409. The molecule has 0 aromatic carbocycles. The fraction of sp³-hybridized carbons (Fsp3) is 0.467. The topological polar surface area (TPSA) is 63.4 Å². The molecule has 0 atom stereocenters. The Morgan fingerprint density at radius 3 is 2.76 bits per heavy atom. The molecule has 6 heteroatoms. The van der Waals surface area contributed by atoms with Gasteiger partial charge < -0.3 is 19.4 Å². The van der Waals surface area contributed by atoms with Crippen LogP contribution in [0.15, 0.2) is 22.6 Å². The Labute approximate surface area is 125 Å². The molecule has 0 unspecified atom stereocenters. The standard InChI is InChI=1S/C15H22N4O2/c1-5-20-10-14-17-13(16-3)8-15(18-14)19(4)9-12-7-6-11(2)21-12/h6-8H,5,9-10H2,1-4H3,(H,16,17,18). The number of aromatic nitrogens is 2. The van der Waals surface area contributed by atoms with Gasteiger partial charge in [-0.25, -0.2) is 9.97 Å². The molecule has 0 aliphatic carbocycles. The largest absolute Gasteiger partial charge is 0.464 e. The fourth-order valence-corrected chi connectivity index (χ4v) is 1.95. The molecule has 114 valence electrons. The predicted molar refractivity (Wildman–Crippen MR) is 82.5 cm³/mol. The number of furan rings is 1. The minimum atomic E-state index is 0.409. The Hall–Kier alpha value is -2.08. The van der Waals surface area contributed by atoms with Gasteiger partial charge in [-0.05, 0) is 26.0 Å². The number of nitrogens with zero attached hydrogens (tertiary/aromatic N) is 3. The van der Waals surface area contributed by atoms with E-state index in [1.807, 2.05) is 51.0 Å². The third-order valence-corrected chi connectivity index (χ3v) is 3.03. The summed E-state index contributed by atoms with van der Waals surface area (Å²) < 4.78 is 11.0. The molecule has 0 radical (unpaired) electrons. The van der Waals surface area contributed by atoms with E-state index in [0.29, 0.717) is 25.6 Å². The lowest BCUT2D eigenvalue weighted by atomic mass is 10.4. The summed E-state index contributed by atoms with van der Waals surface area (Å²) >= 11 is 0. The lowest BCUT2D eigenvalue weighted by molar-refractivity contribution is 0.128. The van der Waals surface area contributed by atoms with Crippen LogP contribution in [0.4, 0.5) is 11.6 Å². The average molecular weight is 290 g/mol. The molecule has 0 bridgehead atoms. The fourth-order valence-electron chi connectivity index (χ4n) is 1.95. The summed E-state index contributed by atoms with van der Waals surface area (Å²) in [5, 5.41) is 3.05. The van der Waals surface area contributed by atoms with E-state index in [0.717, 1.165) is 23.2 Å². The Bertz CT molecular complexity index is 583. The second kappa shape index (κ2) is 7.08. The second-order valence-corrected chi connectivity index (χ2v) is 4.78. The summed E-state index contributed by atoms with van der Waals surface area (Å²) in [5.74, 6) is 4.09. The number of hydrogen-bond acceptors (Lipinski definition) is 6. The quantitative estimate of drug-likeness (QED) is 0.845. The Morgan fingerprint density at radius 1 is 1.33 bits per heavy atom. The van der Waals surface area contributed by atoms with E-state index in [2.05, 4.69) is 15.3 Å². The van der Waals surface area contributed by atoms with Gasteiger partial charge in [0.2, 0.25) is 0 Å². The summed E-state index contributed by atoms with van der Waals surface area (Å²) in [6.07, 6.45) is 0. The molecule has 2 aromatic heterocycles. The van der Waals surface area contributed by atoms with E-state index in [1.54, 1.807) is 0 Å².